The van der Waals surface area contributed by atoms with E-state index >= 15 is 0 Å². The van der Waals surface area contributed by atoms with E-state index < -0.39 is 10.0 Å². The van der Waals surface area contributed by atoms with Crippen molar-refractivity contribution in [2.45, 2.75) is 49.0 Å². The normalized spacial score (nSPS) is 21.2. The van der Waals surface area contributed by atoms with Gasteiger partial charge < -0.3 is 9.80 Å². The number of nitrogens with zero attached hydrogens (tertiary/aromatic N) is 3. The number of carbonyl (C=O) groups excluding carboxylic acids is 1. The minimum Gasteiger partial charge on any atom is -0.339 e. The largest absolute Gasteiger partial charge is 0.339 e. The Morgan fingerprint density at radius 2 is 1.52 bits per heavy atom. The van der Waals surface area contributed by atoms with Gasteiger partial charge in [-0.1, -0.05) is 85.8 Å². The number of hydrogen-bond acceptors (Lipinski definition) is 4. The number of piperidine rings is 1. The lowest BCUT2D eigenvalue weighted by Crippen LogP contribution is -2.49. The van der Waals surface area contributed by atoms with E-state index in [0.717, 1.165) is 56.6 Å². The lowest BCUT2D eigenvalue weighted by Gasteiger charge is -2.40. The number of likely N-dealkylation sites (N-methyl/N-ethyl adjacent to an activating group) is 1. The first-order valence-corrected chi connectivity index (χ1v) is 15.8. The lowest BCUT2D eigenvalue weighted by atomic mass is 9.79. The van der Waals surface area contributed by atoms with Crippen LogP contribution < -0.4 is 0 Å². The molecule has 0 spiro atoms. The molecule has 0 N–H and O–H groups in total. The van der Waals surface area contributed by atoms with Crippen molar-refractivity contribution in [3.8, 4) is 0 Å². The van der Waals surface area contributed by atoms with Crippen LogP contribution in [-0.2, 0) is 26.7 Å². The molecule has 2 saturated heterocycles. The first kappa shape index (κ1) is 28.5. The molecule has 0 aliphatic carbocycles. The smallest absolute Gasteiger partial charge is 0.242 e. The summed E-state index contributed by atoms with van der Waals surface area (Å²) in [5.41, 5.74) is 1.88. The van der Waals surface area contributed by atoms with Crippen molar-refractivity contribution in [3.05, 3.63) is 102 Å². The number of benzene rings is 3. The molecule has 2 heterocycles. The van der Waals surface area contributed by atoms with Crippen LogP contribution in [-0.4, -0.2) is 74.2 Å². The lowest BCUT2D eigenvalue weighted by molar-refractivity contribution is -0.132. The highest BCUT2D eigenvalue weighted by Gasteiger charge is 2.41. The van der Waals surface area contributed by atoms with Gasteiger partial charge in [0.15, 0.2) is 0 Å². The van der Waals surface area contributed by atoms with Crippen molar-refractivity contribution >= 4 is 15.9 Å². The van der Waals surface area contributed by atoms with Gasteiger partial charge in [-0.2, -0.15) is 0 Å². The molecule has 0 aromatic heterocycles. The maximum Gasteiger partial charge on any atom is 0.242 e. The first-order valence-electron chi connectivity index (χ1n) is 14.4. The zero-order valence-electron chi connectivity index (χ0n) is 23.7. The van der Waals surface area contributed by atoms with Gasteiger partial charge in [0.2, 0.25) is 15.9 Å². The maximum atomic E-state index is 13.4. The van der Waals surface area contributed by atoms with Gasteiger partial charge in [0.1, 0.15) is 0 Å². The molecule has 3 aromatic rings. The molecule has 6 nitrogen and oxygen atoms in total. The fraction of sp³-hybridized carbons (Fsp3) is 0.424. The third kappa shape index (κ3) is 6.32. The topological polar surface area (TPSA) is 60.9 Å². The molecule has 3 atom stereocenters. The average molecular weight is 560 g/mol. The summed E-state index contributed by atoms with van der Waals surface area (Å²) in [6.07, 6.45) is 3.37. The van der Waals surface area contributed by atoms with Crippen LogP contribution >= 0.6 is 0 Å². The number of likely N-dealkylation sites (tertiary alicyclic amines) is 2. The number of fused-ring (bicyclic) bond motifs is 1. The molecular formula is C33H41N3O3S. The highest BCUT2D eigenvalue weighted by atomic mass is 32.2. The Morgan fingerprint density at radius 3 is 2.20 bits per heavy atom. The Morgan fingerprint density at radius 1 is 0.900 bits per heavy atom. The van der Waals surface area contributed by atoms with Gasteiger partial charge in [-0.15, -0.1) is 0 Å². The number of sulfonamides is 1. The second kappa shape index (κ2) is 12.2. The zero-order valence-corrected chi connectivity index (χ0v) is 24.5. The Labute approximate surface area is 239 Å². The van der Waals surface area contributed by atoms with Gasteiger partial charge in [-0.3, -0.25) is 4.79 Å². The van der Waals surface area contributed by atoms with Crippen molar-refractivity contribution in [2.75, 3.05) is 39.8 Å². The first-order chi connectivity index (χ1) is 19.3. The Balaban J connectivity index is 1.23. The maximum absolute atomic E-state index is 13.4. The van der Waals surface area contributed by atoms with Crippen LogP contribution in [0.1, 0.15) is 37.3 Å². The minimum atomic E-state index is -3.59. The molecule has 1 amide bonds. The summed E-state index contributed by atoms with van der Waals surface area (Å²) in [6, 6.07) is 29.3. The number of amides is 1. The number of rotatable bonds is 10. The summed E-state index contributed by atoms with van der Waals surface area (Å²) < 4.78 is 28.2. The van der Waals surface area contributed by atoms with Crippen LogP contribution in [0.15, 0.2) is 95.9 Å². The monoisotopic (exact) mass is 559 g/mol. The van der Waals surface area contributed by atoms with Crippen molar-refractivity contribution < 1.29 is 13.2 Å². The van der Waals surface area contributed by atoms with Crippen molar-refractivity contribution in [1.29, 1.82) is 0 Å². The van der Waals surface area contributed by atoms with Crippen LogP contribution in [0, 0.1) is 5.92 Å². The molecule has 2 fully saturated rings. The van der Waals surface area contributed by atoms with Crippen LogP contribution in [0.5, 0.6) is 0 Å². The van der Waals surface area contributed by atoms with Crippen LogP contribution in [0.4, 0.5) is 0 Å². The highest BCUT2D eigenvalue weighted by Crippen LogP contribution is 2.35. The zero-order chi connectivity index (χ0) is 28.2. The molecule has 0 radical (unpaired) electrons. The summed E-state index contributed by atoms with van der Waals surface area (Å²) in [6.45, 7) is 6.27. The van der Waals surface area contributed by atoms with E-state index in [-0.39, 0.29) is 11.3 Å². The fourth-order valence-corrected chi connectivity index (χ4v) is 7.87. The second-order valence-corrected chi connectivity index (χ2v) is 13.8. The summed E-state index contributed by atoms with van der Waals surface area (Å²) in [7, 11) is -1.90. The van der Waals surface area contributed by atoms with Gasteiger partial charge in [0.05, 0.1) is 11.3 Å². The SMILES string of the molecule is CN(CC(C)(CCN1CCC2C(CCN2C(=O)Cc2ccccc2)C1)c1ccccc1)S(=O)(=O)c1ccccc1. The minimum absolute atomic E-state index is 0.242. The molecule has 5 rings (SSSR count). The Kier molecular flexibility index (Phi) is 8.74. The molecule has 3 unspecified atom stereocenters. The molecule has 7 heteroatoms. The van der Waals surface area contributed by atoms with Crippen molar-refractivity contribution in [1.82, 2.24) is 14.1 Å². The van der Waals surface area contributed by atoms with E-state index in [2.05, 4.69) is 28.9 Å². The Bertz CT molecular complexity index is 1370. The molecule has 0 bridgehead atoms. The molecule has 40 heavy (non-hydrogen) atoms. The van der Waals surface area contributed by atoms with Crippen LogP contribution in [0.3, 0.4) is 0 Å². The van der Waals surface area contributed by atoms with Crippen LogP contribution in [0.2, 0.25) is 0 Å². The van der Waals surface area contributed by atoms with Crippen molar-refractivity contribution in [3.63, 3.8) is 0 Å². The predicted octanol–water partition coefficient (Wildman–Crippen LogP) is 4.82. The third-order valence-corrected chi connectivity index (χ3v) is 10.7. The van der Waals surface area contributed by atoms with E-state index in [0.29, 0.717) is 29.8 Å². The van der Waals surface area contributed by atoms with E-state index in [1.807, 2.05) is 54.6 Å². The van der Waals surface area contributed by atoms with E-state index in [1.165, 1.54) is 4.31 Å². The van der Waals surface area contributed by atoms with Gasteiger partial charge in [0.25, 0.3) is 0 Å². The molecule has 2 aliphatic heterocycles. The number of hydrogen-bond donors (Lipinski definition) is 0. The summed E-state index contributed by atoms with van der Waals surface area (Å²) >= 11 is 0. The summed E-state index contributed by atoms with van der Waals surface area (Å²) in [5.74, 6) is 0.740. The number of carbonyl (C=O) groups is 1. The quantitative estimate of drug-likeness (QED) is 0.357. The van der Waals surface area contributed by atoms with E-state index in [9.17, 15) is 13.2 Å². The predicted molar refractivity (Wildman–Crippen MR) is 159 cm³/mol. The average Bonchev–Trinajstić information content (AvgIpc) is 3.41. The molecule has 3 aromatic carbocycles. The van der Waals surface area contributed by atoms with E-state index in [1.54, 1.807) is 31.3 Å². The second-order valence-electron chi connectivity index (χ2n) is 11.7. The van der Waals surface area contributed by atoms with Crippen molar-refractivity contribution in [2.24, 2.45) is 5.92 Å². The summed E-state index contributed by atoms with van der Waals surface area (Å²) in [4.78, 5) is 18.1. The summed E-state index contributed by atoms with van der Waals surface area (Å²) in [5, 5.41) is 0. The van der Waals surface area contributed by atoms with Gasteiger partial charge in [0, 0.05) is 44.7 Å². The standard InChI is InChI=1S/C33H41N3O3S/c1-33(29-14-8-4-9-15-29,26-34(2)40(38,39)30-16-10-5-11-17-30)20-23-35-21-19-31-28(25-35)18-22-36(31)32(37)24-27-12-6-3-7-13-27/h3-17,28,31H,18-26H2,1-2H3. The van der Waals surface area contributed by atoms with Gasteiger partial charge in [-0.25, -0.2) is 12.7 Å². The highest BCUT2D eigenvalue weighted by molar-refractivity contribution is 7.89. The van der Waals surface area contributed by atoms with Gasteiger partial charge in [-0.05, 0) is 55.0 Å². The fourth-order valence-electron chi connectivity index (χ4n) is 6.55. The van der Waals surface area contributed by atoms with Gasteiger partial charge >= 0.3 is 0 Å². The molecule has 0 saturated carbocycles. The molecule has 2 aliphatic rings. The Hall–Kier alpha value is -3.00. The third-order valence-electron chi connectivity index (χ3n) is 8.91. The van der Waals surface area contributed by atoms with Crippen LogP contribution in [0.25, 0.3) is 0 Å². The van der Waals surface area contributed by atoms with E-state index in [4.69, 9.17) is 0 Å². The molecular weight excluding hydrogens is 518 g/mol. The molecule has 212 valence electrons.